The van der Waals surface area contributed by atoms with E-state index in [1.807, 2.05) is 24.7 Å². The van der Waals surface area contributed by atoms with E-state index in [2.05, 4.69) is 54.0 Å². The largest absolute Gasteiger partial charge is 0.361 e. The van der Waals surface area contributed by atoms with E-state index in [4.69, 9.17) is 9.72 Å². The molecular formula is C30H41N5O3Si. The van der Waals surface area contributed by atoms with Crippen LogP contribution < -0.4 is 0 Å². The normalized spacial score (nSPS) is 14.4. The van der Waals surface area contributed by atoms with Crippen molar-refractivity contribution >= 4 is 19.9 Å². The molecule has 0 aliphatic carbocycles. The molecule has 1 aliphatic rings. The van der Waals surface area contributed by atoms with Crippen molar-refractivity contribution in [3.8, 4) is 0 Å². The second kappa shape index (κ2) is 12.8. The third-order valence-electron chi connectivity index (χ3n) is 7.32. The summed E-state index contributed by atoms with van der Waals surface area (Å²) in [7, 11) is -1.15. The predicted octanol–water partition coefficient (Wildman–Crippen LogP) is 5.54. The summed E-state index contributed by atoms with van der Waals surface area (Å²) in [6.07, 6.45) is 7.20. The first-order valence-electron chi connectivity index (χ1n) is 13.8. The number of nitrogens with zero attached hydrogens (tertiary/aromatic N) is 5. The molecule has 9 heteroatoms. The fraction of sp³-hybridized carbons (Fsp3) is 0.467. The Labute approximate surface area is 233 Å². The average Bonchev–Trinajstić information content (AvgIpc) is 3.47. The Kier molecular flexibility index (Phi) is 9.47. The molecule has 3 heterocycles. The molecule has 0 N–H and O–H groups in total. The number of amides is 2. The van der Waals surface area contributed by atoms with Gasteiger partial charge >= 0.3 is 0 Å². The van der Waals surface area contributed by atoms with Gasteiger partial charge < -0.3 is 9.30 Å². The van der Waals surface area contributed by atoms with Gasteiger partial charge in [-0.25, -0.2) is 4.98 Å². The molecule has 1 aromatic carbocycles. The average molecular weight is 548 g/mol. The van der Waals surface area contributed by atoms with Crippen LogP contribution in [0, 0.1) is 6.92 Å². The molecule has 2 amide bonds. The number of pyridine rings is 1. The Bertz CT molecular complexity index is 1250. The molecule has 1 atom stereocenters. The highest BCUT2D eigenvalue weighted by atomic mass is 28.3. The third kappa shape index (κ3) is 7.29. The van der Waals surface area contributed by atoms with Crippen molar-refractivity contribution in [2.75, 3.05) is 19.7 Å². The number of fused-ring (bicyclic) bond motifs is 1. The Morgan fingerprint density at radius 1 is 0.974 bits per heavy atom. The van der Waals surface area contributed by atoms with Gasteiger partial charge in [-0.2, -0.15) is 0 Å². The second-order valence-electron chi connectivity index (χ2n) is 11.5. The van der Waals surface area contributed by atoms with Crippen molar-refractivity contribution in [3.63, 3.8) is 0 Å². The van der Waals surface area contributed by atoms with Crippen molar-refractivity contribution in [2.45, 2.75) is 71.7 Å². The molecule has 8 nitrogen and oxygen atoms in total. The number of imide groups is 1. The van der Waals surface area contributed by atoms with Gasteiger partial charge in [0.15, 0.2) is 0 Å². The van der Waals surface area contributed by atoms with E-state index in [0.717, 1.165) is 49.1 Å². The number of carbonyl (C=O) groups excluding carboxylic acids is 2. The van der Waals surface area contributed by atoms with Crippen molar-refractivity contribution in [2.24, 2.45) is 0 Å². The van der Waals surface area contributed by atoms with Crippen LogP contribution in [0.25, 0.3) is 0 Å². The van der Waals surface area contributed by atoms with E-state index in [9.17, 15) is 9.59 Å². The van der Waals surface area contributed by atoms with E-state index in [-0.39, 0.29) is 17.9 Å². The number of rotatable bonds is 14. The second-order valence-corrected chi connectivity index (χ2v) is 17.2. The highest BCUT2D eigenvalue weighted by Crippen LogP contribution is 2.25. The number of carbonyl (C=O) groups is 2. The monoisotopic (exact) mass is 547 g/mol. The van der Waals surface area contributed by atoms with Gasteiger partial charge in [0, 0.05) is 46.4 Å². The lowest BCUT2D eigenvalue weighted by molar-refractivity contribution is 0.0648. The predicted molar refractivity (Wildman–Crippen MR) is 155 cm³/mol. The Balaban J connectivity index is 1.40. The zero-order valence-corrected chi connectivity index (χ0v) is 24.9. The van der Waals surface area contributed by atoms with E-state index < -0.39 is 8.07 Å². The summed E-state index contributed by atoms with van der Waals surface area (Å²) in [6.45, 7) is 14.4. The van der Waals surface area contributed by atoms with Gasteiger partial charge in [-0.15, -0.1) is 0 Å². The lowest BCUT2D eigenvalue weighted by atomic mass is 10.1. The van der Waals surface area contributed by atoms with Crippen LogP contribution in [-0.2, 0) is 18.0 Å². The molecule has 4 rings (SSSR count). The molecule has 0 bridgehead atoms. The van der Waals surface area contributed by atoms with E-state index >= 15 is 0 Å². The minimum atomic E-state index is -1.15. The van der Waals surface area contributed by atoms with E-state index in [1.54, 1.807) is 24.3 Å². The molecule has 1 aliphatic heterocycles. The van der Waals surface area contributed by atoms with Crippen LogP contribution in [0.1, 0.15) is 63.6 Å². The summed E-state index contributed by atoms with van der Waals surface area (Å²) in [5.74, 6) is 0.569. The lowest BCUT2D eigenvalue weighted by Gasteiger charge is -2.29. The fourth-order valence-electron chi connectivity index (χ4n) is 4.82. The van der Waals surface area contributed by atoms with Crippen LogP contribution in [0.4, 0.5) is 0 Å². The van der Waals surface area contributed by atoms with Gasteiger partial charge in [0.25, 0.3) is 11.8 Å². The van der Waals surface area contributed by atoms with E-state index in [0.29, 0.717) is 30.9 Å². The number of benzene rings is 1. The summed E-state index contributed by atoms with van der Waals surface area (Å²) in [4.78, 5) is 38.6. The van der Waals surface area contributed by atoms with Crippen LogP contribution >= 0.6 is 0 Å². The molecule has 2 aromatic heterocycles. The Hall–Kier alpha value is -3.14. The van der Waals surface area contributed by atoms with Crippen molar-refractivity contribution in [1.29, 1.82) is 0 Å². The van der Waals surface area contributed by atoms with Crippen LogP contribution in [0.15, 0.2) is 55.0 Å². The van der Waals surface area contributed by atoms with E-state index in [1.165, 1.54) is 4.90 Å². The van der Waals surface area contributed by atoms with Crippen molar-refractivity contribution in [1.82, 2.24) is 24.3 Å². The summed E-state index contributed by atoms with van der Waals surface area (Å²) < 4.78 is 8.11. The minimum absolute atomic E-state index is 0.0290. The smallest absolute Gasteiger partial charge is 0.261 e. The molecule has 0 saturated heterocycles. The summed E-state index contributed by atoms with van der Waals surface area (Å²) in [6, 6.07) is 12.3. The topological polar surface area (TPSA) is 80.6 Å². The highest BCUT2D eigenvalue weighted by molar-refractivity contribution is 6.76. The summed E-state index contributed by atoms with van der Waals surface area (Å²) in [5, 5.41) is 0. The number of unbranched alkanes of at least 4 members (excludes halogenated alkanes) is 1. The highest BCUT2D eigenvalue weighted by Gasteiger charge is 2.34. The number of imidazole rings is 1. The Morgan fingerprint density at radius 2 is 1.69 bits per heavy atom. The summed E-state index contributed by atoms with van der Waals surface area (Å²) in [5.41, 5.74) is 3.19. The van der Waals surface area contributed by atoms with Crippen LogP contribution in [0.3, 0.4) is 0 Å². The van der Waals surface area contributed by atoms with Crippen molar-refractivity contribution in [3.05, 3.63) is 83.2 Å². The molecule has 0 spiro atoms. The van der Waals surface area contributed by atoms with Gasteiger partial charge in [0.05, 0.1) is 22.9 Å². The molecule has 3 aromatic rings. The maximum absolute atomic E-state index is 12.7. The van der Waals surface area contributed by atoms with Crippen LogP contribution in [-0.4, -0.2) is 63.9 Å². The molecule has 39 heavy (non-hydrogen) atoms. The van der Waals surface area contributed by atoms with Gasteiger partial charge in [-0.1, -0.05) is 37.8 Å². The number of aryl methyl sites for hydroxylation is 1. The summed E-state index contributed by atoms with van der Waals surface area (Å²) >= 11 is 0. The number of aromatic nitrogens is 3. The first-order valence-corrected chi connectivity index (χ1v) is 17.5. The lowest BCUT2D eigenvalue weighted by Crippen LogP contribution is -2.33. The maximum Gasteiger partial charge on any atom is 0.261 e. The number of ether oxygens (including phenoxy) is 1. The zero-order chi connectivity index (χ0) is 28.0. The number of hydrogen-bond acceptors (Lipinski definition) is 6. The quantitative estimate of drug-likeness (QED) is 0.150. The van der Waals surface area contributed by atoms with Gasteiger partial charge in [-0.3, -0.25) is 24.4 Å². The maximum atomic E-state index is 12.7. The standard InChI is InChI=1S/C30H41N5O3Si/c1-23-11-10-14-31-27(23)21-33(24(2)28-32-15-18-34(28)22-38-19-20-39(3,4)5)16-8-9-17-35-29(36)25-12-6-7-13-26(25)30(35)37/h6-7,10-15,18,24H,8-9,16-17,19-22H2,1-5H3. The molecule has 0 radical (unpaired) electrons. The van der Waals surface area contributed by atoms with Crippen LogP contribution in [0.2, 0.25) is 25.7 Å². The fourth-order valence-corrected chi connectivity index (χ4v) is 5.57. The van der Waals surface area contributed by atoms with Gasteiger partial charge in [-0.05, 0) is 63.0 Å². The minimum Gasteiger partial charge on any atom is -0.361 e. The van der Waals surface area contributed by atoms with Gasteiger partial charge in [0.2, 0.25) is 0 Å². The molecule has 1 unspecified atom stereocenters. The third-order valence-corrected chi connectivity index (χ3v) is 9.03. The molecular weight excluding hydrogens is 506 g/mol. The SMILES string of the molecule is Cc1cccnc1CN(CCCCN1C(=O)c2ccccc2C1=O)C(C)c1nccn1COCC[Si](C)(C)C. The van der Waals surface area contributed by atoms with Crippen molar-refractivity contribution < 1.29 is 14.3 Å². The molecule has 0 saturated carbocycles. The van der Waals surface area contributed by atoms with Gasteiger partial charge in [0.1, 0.15) is 12.6 Å². The Morgan fingerprint density at radius 3 is 2.36 bits per heavy atom. The first kappa shape index (κ1) is 28.9. The van der Waals surface area contributed by atoms with Crippen LogP contribution in [0.5, 0.6) is 0 Å². The zero-order valence-electron chi connectivity index (χ0n) is 23.9. The molecule has 0 fully saturated rings. The molecule has 208 valence electrons. The first-order chi connectivity index (χ1) is 18.7. The number of hydrogen-bond donors (Lipinski definition) is 0.